The lowest BCUT2D eigenvalue weighted by molar-refractivity contribution is 0.108. The van der Waals surface area contributed by atoms with E-state index in [4.69, 9.17) is 16.6 Å². The summed E-state index contributed by atoms with van der Waals surface area (Å²) in [5, 5.41) is 1.34. The zero-order valence-electron chi connectivity index (χ0n) is 18.3. The topological polar surface area (TPSA) is 28.1 Å². The van der Waals surface area contributed by atoms with Crippen LogP contribution < -0.4 is 0 Å². The number of aromatic nitrogens is 1. The van der Waals surface area contributed by atoms with E-state index in [9.17, 15) is 0 Å². The van der Waals surface area contributed by atoms with Crippen LogP contribution in [0, 0.1) is 11.3 Å². The molecule has 154 valence electrons. The van der Waals surface area contributed by atoms with Gasteiger partial charge in [-0.15, -0.1) is 24.8 Å². The van der Waals surface area contributed by atoms with Crippen LogP contribution in [0.4, 0.5) is 0 Å². The minimum Gasteiger partial charge on any atom is -0.357 e. The third-order valence-electron chi connectivity index (χ3n) is 8.16. The monoisotopic (exact) mass is 408 g/mol. The number of aromatic amines is 1. The molecule has 1 fully saturated rings. The van der Waals surface area contributed by atoms with E-state index in [1.807, 2.05) is 12.2 Å². The highest BCUT2D eigenvalue weighted by molar-refractivity contribution is 6.21. The normalized spacial score (nSPS) is 33.2. The predicted octanol–water partition coefficient (Wildman–Crippen LogP) is 6.90. The minimum absolute atomic E-state index is 0.00641. The second kappa shape index (κ2) is 6.35. The molecule has 2 aromatic rings. The molecule has 0 amide bonds. The van der Waals surface area contributed by atoms with Gasteiger partial charge < -0.3 is 4.98 Å². The van der Waals surface area contributed by atoms with Crippen LogP contribution in [0.15, 0.2) is 48.5 Å². The lowest BCUT2D eigenvalue weighted by Gasteiger charge is -2.56. The van der Waals surface area contributed by atoms with Crippen molar-refractivity contribution < 1.29 is 0 Å². The predicted molar refractivity (Wildman–Crippen MR) is 127 cm³/mol. The highest BCUT2D eigenvalue weighted by atomic mass is 35.5. The van der Waals surface area contributed by atoms with E-state index in [2.05, 4.69) is 77.7 Å². The van der Waals surface area contributed by atoms with Gasteiger partial charge in [-0.1, -0.05) is 58.9 Å². The van der Waals surface area contributed by atoms with Crippen LogP contribution in [-0.4, -0.2) is 23.1 Å². The number of benzene rings is 1. The van der Waals surface area contributed by atoms with Gasteiger partial charge in [-0.05, 0) is 41.7 Å². The Kier molecular flexibility index (Phi) is 4.48. The van der Waals surface area contributed by atoms with Gasteiger partial charge in [-0.25, -0.2) is 0 Å². The molecule has 4 rings (SSSR count). The molecule has 0 saturated heterocycles. The molecule has 2 nitrogen and oxygen atoms in total. The second-order valence-electron chi connectivity index (χ2n) is 10.3. The van der Waals surface area contributed by atoms with Gasteiger partial charge in [0.1, 0.15) is 0 Å². The van der Waals surface area contributed by atoms with Crippen LogP contribution in [-0.2, 0) is 10.8 Å². The number of nitrogens with zero attached hydrogens (tertiary/aromatic N) is 1. The molecule has 29 heavy (non-hydrogen) atoms. The van der Waals surface area contributed by atoms with Gasteiger partial charge in [-0.3, -0.25) is 4.99 Å². The minimum atomic E-state index is -0.300. The average molecular weight is 409 g/mol. The average Bonchev–Trinajstić information content (AvgIpc) is 3.08. The fraction of sp³-hybridized carbons (Fsp3) is 0.500. The van der Waals surface area contributed by atoms with Gasteiger partial charge in [0.15, 0.2) is 0 Å². The van der Waals surface area contributed by atoms with Crippen molar-refractivity contribution >= 4 is 29.2 Å². The molecular formula is C26H33ClN2. The molecule has 1 saturated carbocycles. The summed E-state index contributed by atoms with van der Waals surface area (Å²) in [5.74, 6) is 0.611. The number of halogens is 1. The Labute approximate surface area is 180 Å². The van der Waals surface area contributed by atoms with Gasteiger partial charge in [0, 0.05) is 38.7 Å². The summed E-state index contributed by atoms with van der Waals surface area (Å²) in [6.07, 6.45) is 4.98. The lowest BCUT2D eigenvalue weighted by atomic mass is 9.50. The molecular weight excluding hydrogens is 376 g/mol. The van der Waals surface area contributed by atoms with Gasteiger partial charge in [-0.2, -0.15) is 0 Å². The second-order valence-corrected chi connectivity index (χ2v) is 10.8. The van der Waals surface area contributed by atoms with Crippen molar-refractivity contribution in [3.8, 4) is 0 Å². The molecule has 3 heteroatoms. The van der Waals surface area contributed by atoms with Crippen molar-refractivity contribution in [1.82, 2.24) is 4.98 Å². The Morgan fingerprint density at radius 1 is 1.24 bits per heavy atom. The number of hydrogen-bond donors (Lipinski definition) is 1. The summed E-state index contributed by atoms with van der Waals surface area (Å²) in [5.41, 5.74) is 4.76. The maximum atomic E-state index is 7.02. The first-order valence-corrected chi connectivity index (χ1v) is 11.0. The van der Waals surface area contributed by atoms with E-state index < -0.39 is 0 Å². The lowest BCUT2D eigenvalue weighted by Crippen LogP contribution is -2.54. The maximum absolute atomic E-state index is 7.02. The molecule has 0 spiro atoms. The SMILES string of the molecule is C=CC(C)(C)c1[nH]c2cccc3c2c1[C@H]1[C@@H](N=C)[C@@](C)(C=C)[C@H](Cl)C[C@@H]1C3(C)C. The van der Waals surface area contributed by atoms with Gasteiger partial charge in [0.05, 0.1) is 6.04 Å². The fourth-order valence-electron chi connectivity index (χ4n) is 6.03. The molecule has 2 aliphatic carbocycles. The van der Waals surface area contributed by atoms with Crippen molar-refractivity contribution in [3.05, 3.63) is 60.3 Å². The Morgan fingerprint density at radius 2 is 1.93 bits per heavy atom. The molecule has 5 atom stereocenters. The number of H-pyrrole nitrogens is 1. The van der Waals surface area contributed by atoms with E-state index in [1.54, 1.807) is 0 Å². The number of alkyl halides is 1. The quantitative estimate of drug-likeness (QED) is 0.324. The van der Waals surface area contributed by atoms with Crippen LogP contribution in [0.25, 0.3) is 10.9 Å². The third-order valence-corrected chi connectivity index (χ3v) is 8.80. The fourth-order valence-corrected chi connectivity index (χ4v) is 6.44. The van der Waals surface area contributed by atoms with Gasteiger partial charge in [0.2, 0.25) is 0 Å². The number of hydrogen-bond acceptors (Lipinski definition) is 1. The summed E-state index contributed by atoms with van der Waals surface area (Å²) in [4.78, 5) is 8.48. The number of allylic oxidation sites excluding steroid dienone is 1. The summed E-state index contributed by atoms with van der Waals surface area (Å²) in [6.45, 7) is 23.7. The van der Waals surface area contributed by atoms with Crippen molar-refractivity contribution in [2.45, 2.75) is 69.2 Å². The number of rotatable bonds is 4. The first-order valence-electron chi connectivity index (χ1n) is 10.6. The Hall–Kier alpha value is -1.80. The van der Waals surface area contributed by atoms with Crippen LogP contribution in [0.1, 0.15) is 63.8 Å². The highest BCUT2D eigenvalue weighted by Crippen LogP contribution is 2.62. The first kappa shape index (κ1) is 20.5. The summed E-state index contributed by atoms with van der Waals surface area (Å²) >= 11 is 7.02. The number of fused-ring (bicyclic) bond motifs is 2. The van der Waals surface area contributed by atoms with E-state index in [0.717, 1.165) is 6.42 Å². The molecule has 1 aromatic carbocycles. The number of nitrogens with one attached hydrogen (secondary N) is 1. The molecule has 0 bridgehead atoms. The van der Waals surface area contributed by atoms with Crippen LogP contribution >= 0.6 is 11.6 Å². The Balaban J connectivity index is 2.13. The van der Waals surface area contributed by atoms with Gasteiger partial charge >= 0.3 is 0 Å². The van der Waals surface area contributed by atoms with Crippen LogP contribution in [0.3, 0.4) is 0 Å². The zero-order valence-corrected chi connectivity index (χ0v) is 19.1. The van der Waals surface area contributed by atoms with Crippen molar-refractivity contribution in [2.75, 3.05) is 0 Å². The van der Waals surface area contributed by atoms with Crippen LogP contribution in [0.2, 0.25) is 0 Å². The molecule has 0 radical (unpaired) electrons. The Morgan fingerprint density at radius 3 is 2.52 bits per heavy atom. The molecule has 2 aliphatic rings. The summed E-state index contributed by atoms with van der Waals surface area (Å²) in [6, 6.07) is 6.63. The van der Waals surface area contributed by atoms with Gasteiger partial charge in [0.25, 0.3) is 0 Å². The van der Waals surface area contributed by atoms with Crippen molar-refractivity contribution in [3.63, 3.8) is 0 Å². The smallest absolute Gasteiger partial charge is 0.0666 e. The molecule has 0 unspecified atom stereocenters. The summed E-state index contributed by atoms with van der Waals surface area (Å²) < 4.78 is 0. The van der Waals surface area contributed by atoms with E-state index >= 15 is 0 Å². The largest absolute Gasteiger partial charge is 0.357 e. The van der Waals surface area contributed by atoms with Crippen molar-refractivity contribution in [1.29, 1.82) is 0 Å². The van der Waals surface area contributed by atoms with E-state index in [-0.39, 0.29) is 33.6 Å². The first-order chi connectivity index (χ1) is 13.5. The number of aliphatic imine (C=N–C) groups is 1. The Bertz CT molecular complexity index is 1010. The maximum Gasteiger partial charge on any atom is 0.0666 e. The van der Waals surface area contributed by atoms with Crippen LogP contribution in [0.5, 0.6) is 0 Å². The van der Waals surface area contributed by atoms with E-state index in [1.165, 1.54) is 27.7 Å². The van der Waals surface area contributed by atoms with E-state index in [0.29, 0.717) is 5.92 Å². The summed E-state index contributed by atoms with van der Waals surface area (Å²) in [7, 11) is 0. The van der Waals surface area contributed by atoms with Crippen molar-refractivity contribution in [2.24, 2.45) is 16.3 Å². The molecule has 1 aromatic heterocycles. The molecule has 1 heterocycles. The highest BCUT2D eigenvalue weighted by Gasteiger charge is 2.57. The standard InChI is InChI=1S/C26H33ClN2/c1-9-24(3,4)22-21-19-15(12-11-13-17(19)29-22)25(5,6)16-14-18(27)26(7,10-2)23(28-8)20(16)21/h9-13,16,18,20,23,29H,1-2,8,14H2,3-7H3/t16-,18+,20-,23+,26-/m0/s1. The third kappa shape index (κ3) is 2.51. The zero-order chi connectivity index (χ0) is 21.4. The molecule has 1 N–H and O–H groups in total. The molecule has 0 aliphatic heterocycles.